The molecular weight excluding hydrogens is 427 g/mol. The van der Waals surface area contributed by atoms with E-state index in [1.54, 1.807) is 35.0 Å². The van der Waals surface area contributed by atoms with Gasteiger partial charge in [0.05, 0.1) is 11.4 Å². The van der Waals surface area contributed by atoms with Gasteiger partial charge < -0.3 is 4.74 Å². The smallest absolute Gasteiger partial charge is 0.268 e. The third-order valence-electron chi connectivity index (χ3n) is 4.10. The number of aromatic nitrogens is 3. The predicted molar refractivity (Wildman–Crippen MR) is 114 cm³/mol. The van der Waals surface area contributed by atoms with Crippen LogP contribution in [0.3, 0.4) is 0 Å². The Bertz CT molecular complexity index is 1160. The molecule has 0 unspecified atom stereocenters. The van der Waals surface area contributed by atoms with Crippen LogP contribution in [0.2, 0.25) is 5.02 Å². The van der Waals surface area contributed by atoms with Crippen LogP contribution in [0.1, 0.15) is 20.8 Å². The molecule has 4 rings (SSSR count). The summed E-state index contributed by atoms with van der Waals surface area (Å²) in [5, 5.41) is 9.37. The molecule has 2 heterocycles. The normalized spacial score (nSPS) is 10.7. The summed E-state index contributed by atoms with van der Waals surface area (Å²) < 4.78 is 20.3. The molecule has 0 atom stereocenters. The van der Waals surface area contributed by atoms with Crippen molar-refractivity contribution in [1.82, 2.24) is 14.8 Å². The van der Waals surface area contributed by atoms with Gasteiger partial charge in [0.15, 0.2) is 0 Å². The van der Waals surface area contributed by atoms with Crippen LogP contribution in [0.15, 0.2) is 66.3 Å². The molecular formula is C21H16ClFN4O2S. The van der Waals surface area contributed by atoms with Crippen molar-refractivity contribution >= 4 is 34.8 Å². The van der Waals surface area contributed by atoms with Gasteiger partial charge in [-0.1, -0.05) is 29.8 Å². The van der Waals surface area contributed by atoms with Crippen LogP contribution in [0.25, 0.3) is 0 Å². The molecule has 0 bridgehead atoms. The highest BCUT2D eigenvalue weighted by Gasteiger charge is 2.12. The molecule has 0 radical (unpaired) electrons. The number of hydrogen-bond acceptors (Lipinski definition) is 5. The topological polar surface area (TPSA) is 69.0 Å². The van der Waals surface area contributed by atoms with Gasteiger partial charge in [0.1, 0.15) is 24.5 Å². The van der Waals surface area contributed by atoms with Crippen LogP contribution in [0.4, 0.5) is 10.3 Å². The van der Waals surface area contributed by atoms with Crippen LogP contribution >= 0.6 is 22.9 Å². The first-order chi connectivity index (χ1) is 14.5. The number of thiophene rings is 1. The standard InChI is InChI=1S/C21H16ClFN4O2S/c22-16-2-1-3-18(9-16)29-11-15-8-19(30-12-15)20(28)25-21-24-13-27(26-21)10-14-4-6-17(23)7-5-14/h1-9,12-13H,10-11H2,(H,25,26,28). The van der Waals surface area contributed by atoms with Crippen molar-refractivity contribution in [2.45, 2.75) is 13.2 Å². The molecule has 152 valence electrons. The lowest BCUT2D eigenvalue weighted by Gasteiger charge is -2.04. The number of carbonyl (C=O) groups is 1. The van der Waals surface area contributed by atoms with Gasteiger partial charge in [-0.3, -0.25) is 10.1 Å². The van der Waals surface area contributed by atoms with E-state index in [0.717, 1.165) is 11.1 Å². The van der Waals surface area contributed by atoms with Crippen LogP contribution in [0, 0.1) is 5.82 Å². The zero-order valence-corrected chi connectivity index (χ0v) is 17.2. The number of carbonyl (C=O) groups excluding carboxylic acids is 1. The highest BCUT2D eigenvalue weighted by atomic mass is 35.5. The Balaban J connectivity index is 1.33. The van der Waals surface area contributed by atoms with Gasteiger partial charge in [-0.05, 0) is 47.3 Å². The molecule has 0 saturated carbocycles. The molecule has 2 aromatic carbocycles. The Hall–Kier alpha value is -3.23. The molecule has 0 fully saturated rings. The first-order valence-corrected chi connectivity index (χ1v) is 10.2. The van der Waals surface area contributed by atoms with Crippen molar-refractivity contribution in [2.24, 2.45) is 0 Å². The van der Waals surface area contributed by atoms with E-state index in [4.69, 9.17) is 16.3 Å². The van der Waals surface area contributed by atoms with E-state index in [-0.39, 0.29) is 17.7 Å². The molecule has 9 heteroatoms. The minimum Gasteiger partial charge on any atom is -0.489 e. The summed E-state index contributed by atoms with van der Waals surface area (Å²) in [4.78, 5) is 17.1. The van der Waals surface area contributed by atoms with Gasteiger partial charge in [-0.25, -0.2) is 14.1 Å². The van der Waals surface area contributed by atoms with E-state index in [1.807, 2.05) is 17.5 Å². The average molecular weight is 443 g/mol. The number of rotatable bonds is 7. The number of nitrogens with zero attached hydrogens (tertiary/aromatic N) is 3. The van der Waals surface area contributed by atoms with E-state index < -0.39 is 0 Å². The fourth-order valence-electron chi connectivity index (χ4n) is 2.66. The zero-order chi connectivity index (χ0) is 20.9. The summed E-state index contributed by atoms with van der Waals surface area (Å²) in [6, 6.07) is 15.0. The van der Waals surface area contributed by atoms with Crippen LogP contribution in [-0.4, -0.2) is 20.7 Å². The number of anilines is 1. The highest BCUT2D eigenvalue weighted by molar-refractivity contribution is 7.12. The number of benzene rings is 2. The van der Waals surface area contributed by atoms with E-state index in [1.165, 1.54) is 29.8 Å². The summed E-state index contributed by atoms with van der Waals surface area (Å²) in [7, 11) is 0. The third-order valence-corrected chi connectivity index (χ3v) is 5.31. The summed E-state index contributed by atoms with van der Waals surface area (Å²) in [6.07, 6.45) is 1.51. The maximum Gasteiger partial charge on any atom is 0.268 e. The second-order valence-electron chi connectivity index (χ2n) is 6.41. The average Bonchev–Trinajstić information content (AvgIpc) is 3.38. The van der Waals surface area contributed by atoms with E-state index in [9.17, 15) is 9.18 Å². The minimum absolute atomic E-state index is 0.201. The summed E-state index contributed by atoms with van der Waals surface area (Å²) in [5.41, 5.74) is 1.75. The molecule has 6 nitrogen and oxygen atoms in total. The summed E-state index contributed by atoms with van der Waals surface area (Å²) >= 11 is 7.25. The number of ether oxygens (including phenoxy) is 1. The predicted octanol–water partition coefficient (Wildman–Crippen LogP) is 5.01. The van der Waals surface area contributed by atoms with E-state index in [2.05, 4.69) is 15.4 Å². The molecule has 4 aromatic rings. The summed E-state index contributed by atoms with van der Waals surface area (Å²) in [5.74, 6) is 0.273. The number of amides is 1. The molecule has 0 aliphatic rings. The molecule has 0 saturated heterocycles. The first-order valence-electron chi connectivity index (χ1n) is 8.96. The highest BCUT2D eigenvalue weighted by Crippen LogP contribution is 2.21. The minimum atomic E-state index is -0.298. The van der Waals surface area contributed by atoms with Crippen LogP contribution in [-0.2, 0) is 13.2 Å². The van der Waals surface area contributed by atoms with Gasteiger partial charge >= 0.3 is 0 Å². The number of halogens is 2. The van der Waals surface area contributed by atoms with Crippen molar-refractivity contribution in [3.8, 4) is 5.75 Å². The van der Waals surface area contributed by atoms with Gasteiger partial charge in [0.2, 0.25) is 5.95 Å². The fraction of sp³-hybridized carbons (Fsp3) is 0.0952. The number of nitrogens with one attached hydrogen (secondary N) is 1. The third kappa shape index (κ3) is 5.22. The maximum absolute atomic E-state index is 13.0. The van der Waals surface area contributed by atoms with Crippen molar-refractivity contribution in [1.29, 1.82) is 0 Å². The zero-order valence-electron chi connectivity index (χ0n) is 15.6. The van der Waals surface area contributed by atoms with Crippen molar-refractivity contribution in [3.05, 3.63) is 93.1 Å². The molecule has 0 aliphatic heterocycles. The Labute approximate surface area is 180 Å². The molecule has 1 amide bonds. The van der Waals surface area contributed by atoms with Crippen molar-refractivity contribution < 1.29 is 13.9 Å². The molecule has 1 N–H and O–H groups in total. The van der Waals surface area contributed by atoms with E-state index >= 15 is 0 Å². The Kier molecular flexibility index (Phi) is 6.06. The SMILES string of the molecule is O=C(Nc1ncn(Cc2ccc(F)cc2)n1)c1cc(COc2cccc(Cl)c2)cs1. The number of hydrogen-bond donors (Lipinski definition) is 1. The Morgan fingerprint density at radius 1 is 1.17 bits per heavy atom. The molecule has 2 aromatic heterocycles. The molecule has 30 heavy (non-hydrogen) atoms. The summed E-state index contributed by atoms with van der Waals surface area (Å²) in [6.45, 7) is 0.752. The van der Waals surface area contributed by atoms with E-state index in [0.29, 0.717) is 28.8 Å². The monoisotopic (exact) mass is 442 g/mol. The Morgan fingerprint density at radius 2 is 2.00 bits per heavy atom. The second-order valence-corrected chi connectivity index (χ2v) is 7.76. The van der Waals surface area contributed by atoms with Gasteiger partial charge in [-0.2, -0.15) is 0 Å². The molecule has 0 aliphatic carbocycles. The fourth-order valence-corrected chi connectivity index (χ4v) is 3.63. The largest absolute Gasteiger partial charge is 0.489 e. The van der Waals surface area contributed by atoms with Gasteiger partial charge in [-0.15, -0.1) is 16.4 Å². The quantitative estimate of drug-likeness (QED) is 0.436. The molecule has 0 spiro atoms. The van der Waals surface area contributed by atoms with Gasteiger partial charge in [0, 0.05) is 10.6 Å². The lowest BCUT2D eigenvalue weighted by molar-refractivity contribution is 0.102. The van der Waals surface area contributed by atoms with Crippen LogP contribution in [0.5, 0.6) is 5.75 Å². The van der Waals surface area contributed by atoms with Crippen LogP contribution < -0.4 is 10.1 Å². The van der Waals surface area contributed by atoms with Gasteiger partial charge in [0.25, 0.3) is 5.91 Å². The second kappa shape index (κ2) is 9.06. The van der Waals surface area contributed by atoms with Crippen molar-refractivity contribution in [3.63, 3.8) is 0 Å². The van der Waals surface area contributed by atoms with Crippen molar-refractivity contribution in [2.75, 3.05) is 5.32 Å². The first kappa shape index (κ1) is 20.1. The maximum atomic E-state index is 13.0. The lowest BCUT2D eigenvalue weighted by atomic mass is 10.2. The lowest BCUT2D eigenvalue weighted by Crippen LogP contribution is -2.12. The Morgan fingerprint density at radius 3 is 2.80 bits per heavy atom.